The average molecular weight is 381 g/mol. The number of hydrogen-bond acceptors (Lipinski definition) is 5. The summed E-state index contributed by atoms with van der Waals surface area (Å²) >= 11 is 0. The van der Waals surface area contributed by atoms with E-state index in [-0.39, 0.29) is 6.04 Å². The van der Waals surface area contributed by atoms with Gasteiger partial charge in [-0.15, -0.1) is 0 Å². The molecule has 0 fully saturated rings. The van der Waals surface area contributed by atoms with E-state index in [1.54, 1.807) is 42.5 Å². The lowest BCUT2D eigenvalue weighted by molar-refractivity contribution is -0.106. The highest BCUT2D eigenvalue weighted by Crippen LogP contribution is 2.29. The number of anilines is 1. The van der Waals surface area contributed by atoms with Crippen molar-refractivity contribution in [1.82, 2.24) is 5.32 Å². The normalized spacial score (nSPS) is 11.1. The largest absolute Gasteiger partial charge is 0.492 e. The Balaban J connectivity index is 2.14. The summed E-state index contributed by atoms with van der Waals surface area (Å²) in [7, 11) is 0. The van der Waals surface area contributed by atoms with Crippen molar-refractivity contribution in [2.45, 2.75) is 33.2 Å². The Hall–Kier alpha value is -3.53. The molecule has 0 bridgehead atoms. The van der Waals surface area contributed by atoms with Gasteiger partial charge in [0.25, 0.3) is 0 Å². The number of imide groups is 1. The van der Waals surface area contributed by atoms with Crippen molar-refractivity contribution in [1.29, 1.82) is 5.26 Å². The van der Waals surface area contributed by atoms with E-state index in [2.05, 4.69) is 11.4 Å². The molecule has 1 atom stereocenters. The Bertz CT molecular complexity index is 859. The SMILES string of the molecule is CCOc1cc(Oc2ccc(N(C=O)C(=O)N[C@@H](C)CC)cc2)ccc1C#N. The molecule has 0 radical (unpaired) electrons. The van der Waals surface area contributed by atoms with E-state index >= 15 is 0 Å². The molecule has 7 nitrogen and oxygen atoms in total. The van der Waals surface area contributed by atoms with E-state index in [1.807, 2.05) is 20.8 Å². The molecular formula is C21H23N3O4. The number of carbonyl (C=O) groups is 2. The van der Waals surface area contributed by atoms with Crippen molar-refractivity contribution in [2.75, 3.05) is 11.5 Å². The van der Waals surface area contributed by atoms with Gasteiger partial charge in [-0.25, -0.2) is 9.69 Å². The van der Waals surface area contributed by atoms with Crippen LogP contribution in [0.5, 0.6) is 17.2 Å². The first-order valence-electron chi connectivity index (χ1n) is 9.02. The summed E-state index contributed by atoms with van der Waals surface area (Å²) in [6, 6.07) is 13.0. The Labute approximate surface area is 164 Å². The van der Waals surface area contributed by atoms with E-state index in [4.69, 9.17) is 14.7 Å². The lowest BCUT2D eigenvalue weighted by Crippen LogP contribution is -2.43. The fourth-order valence-electron chi connectivity index (χ4n) is 2.35. The molecule has 2 rings (SSSR count). The van der Waals surface area contributed by atoms with E-state index in [0.29, 0.717) is 41.5 Å². The second kappa shape index (κ2) is 9.97. The number of rotatable bonds is 8. The third kappa shape index (κ3) is 5.24. The first-order valence-corrected chi connectivity index (χ1v) is 9.02. The summed E-state index contributed by atoms with van der Waals surface area (Å²) in [6.45, 7) is 6.09. The number of amides is 3. The minimum absolute atomic E-state index is 0.0338. The quantitative estimate of drug-likeness (QED) is 0.691. The number of nitriles is 1. The molecule has 0 saturated heterocycles. The maximum Gasteiger partial charge on any atom is 0.328 e. The highest BCUT2D eigenvalue weighted by Gasteiger charge is 2.16. The van der Waals surface area contributed by atoms with Crippen LogP contribution < -0.4 is 19.7 Å². The maximum absolute atomic E-state index is 12.2. The number of ether oxygens (including phenoxy) is 2. The van der Waals surface area contributed by atoms with Crippen molar-refractivity contribution in [3.63, 3.8) is 0 Å². The van der Waals surface area contributed by atoms with Gasteiger partial charge >= 0.3 is 6.03 Å². The molecule has 28 heavy (non-hydrogen) atoms. The van der Waals surface area contributed by atoms with Crippen molar-refractivity contribution >= 4 is 18.1 Å². The van der Waals surface area contributed by atoms with E-state index in [1.165, 1.54) is 0 Å². The standard InChI is InChI=1S/C21H23N3O4/c1-4-15(3)23-21(26)24(14-25)17-7-10-18(11-8-17)28-19-9-6-16(13-22)20(12-19)27-5-2/h6-12,14-15H,4-5H2,1-3H3,(H,23,26)/t15-/m0/s1. The number of carbonyl (C=O) groups excluding carboxylic acids is 2. The van der Waals surface area contributed by atoms with Crippen LogP contribution in [0.2, 0.25) is 0 Å². The molecule has 0 unspecified atom stereocenters. The van der Waals surface area contributed by atoms with Crippen LogP contribution in [0.3, 0.4) is 0 Å². The zero-order valence-corrected chi connectivity index (χ0v) is 16.1. The molecule has 0 aromatic heterocycles. The summed E-state index contributed by atoms with van der Waals surface area (Å²) in [5.41, 5.74) is 0.858. The number of urea groups is 1. The van der Waals surface area contributed by atoms with Gasteiger partial charge in [-0.3, -0.25) is 4.79 Å². The number of hydrogen-bond donors (Lipinski definition) is 1. The average Bonchev–Trinajstić information content (AvgIpc) is 2.70. The van der Waals surface area contributed by atoms with Gasteiger partial charge in [0, 0.05) is 12.1 Å². The van der Waals surface area contributed by atoms with Gasteiger partial charge in [0.1, 0.15) is 23.3 Å². The third-order valence-electron chi connectivity index (χ3n) is 4.03. The summed E-state index contributed by atoms with van der Waals surface area (Å²) in [5, 5.41) is 11.9. The van der Waals surface area contributed by atoms with Gasteiger partial charge in [-0.2, -0.15) is 5.26 Å². The fourth-order valence-corrected chi connectivity index (χ4v) is 2.35. The van der Waals surface area contributed by atoms with Crippen molar-refractivity contribution < 1.29 is 19.1 Å². The first kappa shape index (κ1) is 20.8. The minimum Gasteiger partial charge on any atom is -0.492 e. The Morgan fingerprint density at radius 2 is 1.89 bits per heavy atom. The highest BCUT2D eigenvalue weighted by molar-refractivity contribution is 6.06. The predicted octanol–water partition coefficient (Wildman–Crippen LogP) is 4.22. The zero-order chi connectivity index (χ0) is 20.5. The van der Waals surface area contributed by atoms with Crippen LogP contribution in [0.4, 0.5) is 10.5 Å². The first-order chi connectivity index (χ1) is 13.5. The second-order valence-electron chi connectivity index (χ2n) is 6.03. The van der Waals surface area contributed by atoms with Gasteiger partial charge in [0.15, 0.2) is 0 Å². The minimum atomic E-state index is -0.480. The molecule has 0 heterocycles. The topological polar surface area (TPSA) is 91.7 Å². The highest BCUT2D eigenvalue weighted by atomic mass is 16.5. The smallest absolute Gasteiger partial charge is 0.328 e. The molecule has 2 aromatic rings. The molecule has 1 N–H and O–H groups in total. The second-order valence-corrected chi connectivity index (χ2v) is 6.03. The third-order valence-corrected chi connectivity index (χ3v) is 4.03. The summed E-state index contributed by atoms with van der Waals surface area (Å²) in [6.07, 6.45) is 1.24. The molecule has 146 valence electrons. The Morgan fingerprint density at radius 1 is 1.21 bits per heavy atom. The summed E-state index contributed by atoms with van der Waals surface area (Å²) in [5.74, 6) is 1.48. The van der Waals surface area contributed by atoms with Crippen LogP contribution in [0.25, 0.3) is 0 Å². The van der Waals surface area contributed by atoms with E-state index in [9.17, 15) is 9.59 Å². The molecule has 0 aliphatic carbocycles. The lowest BCUT2D eigenvalue weighted by atomic mass is 10.2. The van der Waals surface area contributed by atoms with Gasteiger partial charge in [0.05, 0.1) is 17.9 Å². The molecule has 0 aliphatic heterocycles. The monoisotopic (exact) mass is 381 g/mol. The Kier molecular flexibility index (Phi) is 7.40. The lowest BCUT2D eigenvalue weighted by Gasteiger charge is -2.19. The van der Waals surface area contributed by atoms with Crippen molar-refractivity contribution in [3.05, 3.63) is 48.0 Å². The molecule has 2 aromatic carbocycles. The van der Waals surface area contributed by atoms with Crippen LogP contribution in [0.1, 0.15) is 32.8 Å². The van der Waals surface area contributed by atoms with Crippen molar-refractivity contribution in [2.24, 2.45) is 0 Å². The molecule has 0 spiro atoms. The maximum atomic E-state index is 12.2. The van der Waals surface area contributed by atoms with E-state index in [0.717, 1.165) is 11.3 Å². The molecule has 0 saturated carbocycles. The van der Waals surface area contributed by atoms with Gasteiger partial charge in [-0.1, -0.05) is 6.92 Å². The molecule has 7 heteroatoms. The van der Waals surface area contributed by atoms with Crippen LogP contribution >= 0.6 is 0 Å². The van der Waals surface area contributed by atoms with Crippen molar-refractivity contribution in [3.8, 4) is 23.3 Å². The number of nitrogens with zero attached hydrogens (tertiary/aromatic N) is 2. The van der Waals surface area contributed by atoms with Crippen LogP contribution in [-0.4, -0.2) is 25.1 Å². The summed E-state index contributed by atoms with van der Waals surface area (Å²) in [4.78, 5) is 24.5. The summed E-state index contributed by atoms with van der Waals surface area (Å²) < 4.78 is 11.2. The van der Waals surface area contributed by atoms with Crippen LogP contribution in [0.15, 0.2) is 42.5 Å². The van der Waals surface area contributed by atoms with E-state index < -0.39 is 6.03 Å². The van der Waals surface area contributed by atoms with Gasteiger partial charge in [0.2, 0.25) is 6.41 Å². The van der Waals surface area contributed by atoms with Crippen LogP contribution in [0, 0.1) is 11.3 Å². The number of nitrogens with one attached hydrogen (secondary N) is 1. The molecular weight excluding hydrogens is 358 g/mol. The van der Waals surface area contributed by atoms with Gasteiger partial charge in [-0.05, 0) is 56.7 Å². The molecule has 0 aliphatic rings. The zero-order valence-electron chi connectivity index (χ0n) is 16.1. The predicted molar refractivity (Wildman–Crippen MR) is 106 cm³/mol. The Morgan fingerprint density at radius 3 is 2.46 bits per heavy atom. The van der Waals surface area contributed by atoms with Crippen LogP contribution in [-0.2, 0) is 4.79 Å². The fraction of sp³-hybridized carbons (Fsp3) is 0.286. The molecule has 3 amide bonds. The number of benzene rings is 2. The van der Waals surface area contributed by atoms with Gasteiger partial charge < -0.3 is 14.8 Å².